The Bertz CT molecular complexity index is 1420. The van der Waals surface area contributed by atoms with Crippen LogP contribution in [0.4, 0.5) is 5.69 Å². The maximum Gasteiger partial charge on any atom is 0.264 e. The van der Waals surface area contributed by atoms with E-state index >= 15 is 0 Å². The van der Waals surface area contributed by atoms with Crippen molar-refractivity contribution in [2.75, 3.05) is 17.5 Å². The third-order valence-corrected chi connectivity index (χ3v) is 9.16. The van der Waals surface area contributed by atoms with Crippen molar-refractivity contribution in [3.8, 4) is 5.75 Å². The third kappa shape index (κ3) is 7.47. The minimum absolute atomic E-state index is 0.0520. The van der Waals surface area contributed by atoms with Gasteiger partial charge in [0.2, 0.25) is 11.8 Å². The molecule has 1 atom stereocenters. The topological polar surface area (TPSA) is 96.0 Å². The fourth-order valence-electron chi connectivity index (χ4n) is 5.04. The Morgan fingerprint density at radius 2 is 1.59 bits per heavy atom. The first-order valence-electron chi connectivity index (χ1n) is 14.2. The first kappa shape index (κ1) is 30.1. The number of nitrogens with one attached hydrogen (secondary N) is 1. The highest BCUT2D eigenvalue weighted by atomic mass is 32.2. The summed E-state index contributed by atoms with van der Waals surface area (Å²) in [5.74, 6) is -0.394. The number of nitrogens with zero attached hydrogens (tertiary/aromatic N) is 2. The normalized spacial score (nSPS) is 14.3. The second kappa shape index (κ2) is 13.7. The number of ether oxygens (including phenoxy) is 1. The summed E-state index contributed by atoms with van der Waals surface area (Å²) in [5.41, 5.74) is 2.17. The third-order valence-electron chi connectivity index (χ3n) is 7.39. The molecule has 2 amide bonds. The minimum Gasteiger partial charge on any atom is -0.492 e. The molecule has 0 aliphatic heterocycles. The Labute approximate surface area is 243 Å². The molecule has 1 unspecified atom stereocenters. The molecular weight excluding hydrogens is 538 g/mol. The van der Waals surface area contributed by atoms with Crippen molar-refractivity contribution in [3.63, 3.8) is 0 Å². The molecule has 9 heteroatoms. The number of carbonyl (C=O) groups is 2. The second-order valence-electron chi connectivity index (χ2n) is 10.4. The maximum atomic E-state index is 14.1. The zero-order valence-corrected chi connectivity index (χ0v) is 24.8. The Balaban J connectivity index is 1.71. The molecule has 41 heavy (non-hydrogen) atoms. The zero-order valence-electron chi connectivity index (χ0n) is 24.0. The van der Waals surface area contributed by atoms with Crippen LogP contribution in [0.3, 0.4) is 0 Å². The van der Waals surface area contributed by atoms with Crippen LogP contribution >= 0.6 is 0 Å². The molecule has 3 aromatic carbocycles. The average molecular weight is 578 g/mol. The second-order valence-corrected chi connectivity index (χ2v) is 12.3. The van der Waals surface area contributed by atoms with Gasteiger partial charge in [-0.05, 0) is 63.4 Å². The molecule has 218 valence electrons. The summed E-state index contributed by atoms with van der Waals surface area (Å²) in [6.07, 6.45) is 3.97. The van der Waals surface area contributed by atoms with Crippen molar-refractivity contribution >= 4 is 27.5 Å². The van der Waals surface area contributed by atoms with Gasteiger partial charge in [0.1, 0.15) is 18.3 Å². The van der Waals surface area contributed by atoms with Crippen molar-refractivity contribution in [1.82, 2.24) is 10.2 Å². The predicted molar refractivity (Wildman–Crippen MR) is 160 cm³/mol. The van der Waals surface area contributed by atoms with E-state index in [0.29, 0.717) is 12.4 Å². The average Bonchev–Trinajstić information content (AvgIpc) is 3.49. The van der Waals surface area contributed by atoms with Gasteiger partial charge in [0, 0.05) is 12.6 Å². The molecular formula is C32H39N3O5S. The number of sulfonamides is 1. The fourth-order valence-corrected chi connectivity index (χ4v) is 6.48. The Kier molecular flexibility index (Phi) is 10.0. The van der Waals surface area contributed by atoms with E-state index in [0.717, 1.165) is 41.1 Å². The van der Waals surface area contributed by atoms with Crippen molar-refractivity contribution in [1.29, 1.82) is 0 Å². The number of benzene rings is 3. The van der Waals surface area contributed by atoms with Gasteiger partial charge >= 0.3 is 0 Å². The van der Waals surface area contributed by atoms with Crippen LogP contribution in [0.1, 0.15) is 50.7 Å². The van der Waals surface area contributed by atoms with E-state index in [4.69, 9.17) is 4.74 Å². The number of aryl methyl sites for hydroxylation is 1. The van der Waals surface area contributed by atoms with Gasteiger partial charge in [-0.15, -0.1) is 0 Å². The van der Waals surface area contributed by atoms with E-state index in [1.165, 1.54) is 17.0 Å². The van der Waals surface area contributed by atoms with E-state index in [9.17, 15) is 18.0 Å². The van der Waals surface area contributed by atoms with Crippen molar-refractivity contribution in [2.24, 2.45) is 0 Å². The van der Waals surface area contributed by atoms with Gasteiger partial charge < -0.3 is 15.0 Å². The lowest BCUT2D eigenvalue weighted by atomic mass is 10.1. The van der Waals surface area contributed by atoms with Gasteiger partial charge in [-0.1, -0.05) is 73.0 Å². The molecule has 8 nitrogen and oxygen atoms in total. The summed E-state index contributed by atoms with van der Waals surface area (Å²) < 4.78 is 34.8. The first-order chi connectivity index (χ1) is 19.7. The lowest BCUT2D eigenvalue weighted by Gasteiger charge is -2.33. The predicted octanol–water partition coefficient (Wildman–Crippen LogP) is 5.07. The van der Waals surface area contributed by atoms with Gasteiger partial charge in [-0.2, -0.15) is 0 Å². The summed E-state index contributed by atoms with van der Waals surface area (Å²) in [7, 11) is -4.16. The van der Waals surface area contributed by atoms with Crippen molar-refractivity contribution < 1.29 is 22.7 Å². The quantitative estimate of drug-likeness (QED) is 0.325. The standard InChI is InChI=1S/C32H39N3O5S/c1-4-40-30-17-11-10-16-29(30)35(41(38,39)28-14-6-5-7-15-28)23-31(36)34(22-26-20-18-24(2)19-21-26)25(3)32(37)33-27-12-8-9-13-27/h5-7,10-11,14-21,25,27H,4,8-9,12-13,22-23H2,1-3H3,(H,33,37). The summed E-state index contributed by atoms with van der Waals surface area (Å²) in [5, 5.41) is 3.09. The van der Waals surface area contributed by atoms with Crippen LogP contribution < -0.4 is 14.4 Å². The summed E-state index contributed by atoms with van der Waals surface area (Å²) in [4.78, 5) is 29.0. The van der Waals surface area contributed by atoms with Crippen LogP contribution in [-0.2, 0) is 26.2 Å². The number of hydrogen-bond donors (Lipinski definition) is 1. The summed E-state index contributed by atoms with van der Waals surface area (Å²) >= 11 is 0. The molecule has 1 aliphatic carbocycles. The van der Waals surface area contributed by atoms with Crippen LogP contribution in [0, 0.1) is 6.92 Å². The number of amides is 2. The van der Waals surface area contributed by atoms with Crippen LogP contribution in [0.15, 0.2) is 83.8 Å². The molecule has 1 N–H and O–H groups in total. The van der Waals surface area contributed by atoms with Crippen molar-refractivity contribution in [2.45, 2.75) is 70.0 Å². The van der Waals surface area contributed by atoms with E-state index in [1.54, 1.807) is 49.4 Å². The van der Waals surface area contributed by atoms with E-state index in [2.05, 4.69) is 5.32 Å². The highest BCUT2D eigenvalue weighted by Gasteiger charge is 2.34. The highest BCUT2D eigenvalue weighted by Crippen LogP contribution is 2.33. The minimum atomic E-state index is -4.16. The van der Waals surface area contributed by atoms with Crippen LogP contribution in [0.25, 0.3) is 0 Å². The molecule has 0 aromatic heterocycles. The number of rotatable bonds is 12. The van der Waals surface area contributed by atoms with Crippen LogP contribution in [-0.4, -0.2) is 50.4 Å². The largest absolute Gasteiger partial charge is 0.492 e. The first-order valence-corrected chi connectivity index (χ1v) is 15.6. The van der Waals surface area contributed by atoms with Gasteiger partial charge in [-0.3, -0.25) is 13.9 Å². The molecule has 1 fully saturated rings. The van der Waals surface area contributed by atoms with Gasteiger partial charge in [0.05, 0.1) is 17.2 Å². The van der Waals surface area contributed by atoms with Gasteiger partial charge in [0.15, 0.2) is 0 Å². The number of anilines is 1. The molecule has 0 saturated heterocycles. The Hall–Kier alpha value is -3.85. The van der Waals surface area contributed by atoms with E-state index < -0.39 is 28.5 Å². The smallest absolute Gasteiger partial charge is 0.264 e. The molecule has 4 rings (SSSR count). The van der Waals surface area contributed by atoms with Crippen LogP contribution in [0.2, 0.25) is 0 Å². The molecule has 0 radical (unpaired) electrons. The molecule has 3 aromatic rings. The number of para-hydroxylation sites is 2. The maximum absolute atomic E-state index is 14.1. The zero-order chi connectivity index (χ0) is 29.4. The molecule has 1 aliphatic rings. The summed E-state index contributed by atoms with van der Waals surface area (Å²) in [6, 6.07) is 21.8. The Morgan fingerprint density at radius 1 is 0.951 bits per heavy atom. The number of carbonyl (C=O) groups excluding carboxylic acids is 2. The van der Waals surface area contributed by atoms with Gasteiger partial charge in [-0.25, -0.2) is 8.42 Å². The van der Waals surface area contributed by atoms with E-state index in [1.807, 2.05) is 38.1 Å². The SMILES string of the molecule is CCOc1ccccc1N(CC(=O)N(Cc1ccc(C)cc1)C(C)C(=O)NC1CCCC1)S(=O)(=O)c1ccccc1. The lowest BCUT2D eigenvalue weighted by Crippen LogP contribution is -2.52. The highest BCUT2D eigenvalue weighted by molar-refractivity contribution is 7.92. The fraction of sp³-hybridized carbons (Fsp3) is 0.375. The lowest BCUT2D eigenvalue weighted by molar-refractivity contribution is -0.139. The summed E-state index contributed by atoms with van der Waals surface area (Å²) in [6.45, 7) is 5.46. The van der Waals surface area contributed by atoms with E-state index in [-0.39, 0.29) is 29.1 Å². The van der Waals surface area contributed by atoms with Gasteiger partial charge in [0.25, 0.3) is 10.0 Å². The number of hydrogen-bond acceptors (Lipinski definition) is 5. The molecule has 1 saturated carbocycles. The van der Waals surface area contributed by atoms with Crippen molar-refractivity contribution in [3.05, 3.63) is 90.0 Å². The Morgan fingerprint density at radius 3 is 2.24 bits per heavy atom. The molecule has 0 spiro atoms. The van der Waals surface area contributed by atoms with Crippen LogP contribution in [0.5, 0.6) is 5.75 Å². The monoisotopic (exact) mass is 577 g/mol. The molecule has 0 heterocycles. The molecule has 0 bridgehead atoms.